The lowest BCUT2D eigenvalue weighted by atomic mass is 10.1. The standard InChI is InChI=1S/C22H16FN3O3S2/c1-13(27)20-19(14-5-3-2-4-6-14)25-22(31-20)26-21(28)17-12-30-18(24-17)11-29-16-9-7-15(23)8-10-16/h2-10,12H,11H2,1H3,(H,25,26,28). The third-order valence-corrected chi connectivity index (χ3v) is 6.07. The Bertz CT molecular complexity index is 1220. The van der Waals surface area contributed by atoms with E-state index in [1.807, 2.05) is 30.3 Å². The summed E-state index contributed by atoms with van der Waals surface area (Å²) in [6.07, 6.45) is 0. The zero-order valence-corrected chi connectivity index (χ0v) is 17.9. The largest absolute Gasteiger partial charge is 0.486 e. The highest BCUT2D eigenvalue weighted by Gasteiger charge is 2.19. The highest BCUT2D eigenvalue weighted by molar-refractivity contribution is 7.18. The summed E-state index contributed by atoms with van der Waals surface area (Å²) in [5.41, 5.74) is 1.57. The number of benzene rings is 2. The molecule has 156 valence electrons. The Morgan fingerprint density at radius 2 is 1.81 bits per heavy atom. The number of hydrogen-bond acceptors (Lipinski definition) is 7. The molecule has 2 aromatic heterocycles. The van der Waals surface area contributed by atoms with Gasteiger partial charge in [-0.15, -0.1) is 11.3 Å². The number of nitrogens with zero attached hydrogens (tertiary/aromatic N) is 2. The molecule has 1 amide bonds. The minimum Gasteiger partial charge on any atom is -0.486 e. The number of ether oxygens (including phenoxy) is 1. The van der Waals surface area contributed by atoms with Crippen LogP contribution in [0.5, 0.6) is 5.75 Å². The van der Waals surface area contributed by atoms with Gasteiger partial charge in [-0.25, -0.2) is 14.4 Å². The first-order valence-corrected chi connectivity index (χ1v) is 10.9. The van der Waals surface area contributed by atoms with Crippen LogP contribution in [0, 0.1) is 5.82 Å². The molecular formula is C22H16FN3O3S2. The van der Waals surface area contributed by atoms with Crippen molar-refractivity contribution in [3.05, 3.63) is 81.4 Å². The van der Waals surface area contributed by atoms with Gasteiger partial charge in [0, 0.05) is 17.9 Å². The van der Waals surface area contributed by atoms with Crippen LogP contribution in [-0.2, 0) is 6.61 Å². The number of halogens is 1. The number of thiazole rings is 2. The molecule has 6 nitrogen and oxygen atoms in total. The van der Waals surface area contributed by atoms with Crippen LogP contribution in [0.25, 0.3) is 11.3 Å². The predicted octanol–water partition coefficient (Wildman–Crippen LogP) is 5.44. The van der Waals surface area contributed by atoms with Crippen molar-refractivity contribution in [1.82, 2.24) is 9.97 Å². The molecule has 0 fully saturated rings. The van der Waals surface area contributed by atoms with Crippen molar-refractivity contribution in [2.75, 3.05) is 5.32 Å². The monoisotopic (exact) mass is 453 g/mol. The lowest BCUT2D eigenvalue weighted by Crippen LogP contribution is -2.12. The minimum atomic E-state index is -0.423. The molecule has 2 heterocycles. The van der Waals surface area contributed by atoms with Gasteiger partial charge in [0.2, 0.25) is 0 Å². The SMILES string of the molecule is CC(=O)c1sc(NC(=O)c2csc(COc3ccc(F)cc3)n2)nc1-c1ccccc1. The molecule has 9 heteroatoms. The van der Waals surface area contributed by atoms with E-state index in [1.165, 1.54) is 42.5 Å². The normalized spacial score (nSPS) is 10.6. The van der Waals surface area contributed by atoms with E-state index in [1.54, 1.807) is 5.38 Å². The van der Waals surface area contributed by atoms with Gasteiger partial charge in [0.1, 0.15) is 28.9 Å². The van der Waals surface area contributed by atoms with Crippen LogP contribution in [0.4, 0.5) is 9.52 Å². The fraction of sp³-hybridized carbons (Fsp3) is 0.0909. The average Bonchev–Trinajstić information content (AvgIpc) is 3.41. The summed E-state index contributed by atoms with van der Waals surface area (Å²) in [5, 5.41) is 5.26. The molecule has 1 N–H and O–H groups in total. The van der Waals surface area contributed by atoms with E-state index in [0.717, 1.165) is 16.9 Å². The van der Waals surface area contributed by atoms with Gasteiger partial charge in [0.05, 0.1) is 10.6 Å². The number of anilines is 1. The second-order valence-corrected chi connectivity index (χ2v) is 8.38. The maximum Gasteiger partial charge on any atom is 0.276 e. The van der Waals surface area contributed by atoms with Crippen molar-refractivity contribution in [3.8, 4) is 17.0 Å². The van der Waals surface area contributed by atoms with Gasteiger partial charge in [0.25, 0.3) is 5.91 Å². The molecule has 0 radical (unpaired) electrons. The molecule has 4 aromatic rings. The summed E-state index contributed by atoms with van der Waals surface area (Å²) in [4.78, 5) is 33.8. The van der Waals surface area contributed by atoms with E-state index >= 15 is 0 Å². The molecule has 0 unspecified atom stereocenters. The number of ketones is 1. The molecule has 0 saturated carbocycles. The first-order chi connectivity index (χ1) is 15.0. The van der Waals surface area contributed by atoms with Crippen molar-refractivity contribution >= 4 is 39.5 Å². The molecule has 0 aliphatic heterocycles. The number of amides is 1. The first kappa shape index (κ1) is 20.8. The van der Waals surface area contributed by atoms with E-state index in [0.29, 0.717) is 26.5 Å². The molecule has 31 heavy (non-hydrogen) atoms. The summed E-state index contributed by atoms with van der Waals surface area (Å²) in [6.45, 7) is 1.63. The Kier molecular flexibility index (Phi) is 6.15. The van der Waals surface area contributed by atoms with E-state index < -0.39 is 5.91 Å². The van der Waals surface area contributed by atoms with Crippen LogP contribution in [0.2, 0.25) is 0 Å². The lowest BCUT2D eigenvalue weighted by molar-refractivity contribution is 0.101. The predicted molar refractivity (Wildman–Crippen MR) is 118 cm³/mol. The van der Waals surface area contributed by atoms with E-state index in [9.17, 15) is 14.0 Å². The number of aromatic nitrogens is 2. The third kappa shape index (κ3) is 5.01. The van der Waals surface area contributed by atoms with Crippen molar-refractivity contribution in [2.24, 2.45) is 0 Å². The number of carbonyl (C=O) groups excluding carboxylic acids is 2. The summed E-state index contributed by atoms with van der Waals surface area (Å²) >= 11 is 2.41. The summed E-state index contributed by atoms with van der Waals surface area (Å²) < 4.78 is 18.5. The van der Waals surface area contributed by atoms with Crippen molar-refractivity contribution in [3.63, 3.8) is 0 Å². The van der Waals surface area contributed by atoms with Gasteiger partial charge in [-0.2, -0.15) is 0 Å². The summed E-state index contributed by atoms with van der Waals surface area (Å²) in [7, 11) is 0. The fourth-order valence-corrected chi connectivity index (χ4v) is 4.29. The van der Waals surface area contributed by atoms with Gasteiger partial charge in [-0.1, -0.05) is 41.7 Å². The number of rotatable bonds is 7. The number of nitrogens with one attached hydrogen (secondary N) is 1. The van der Waals surface area contributed by atoms with Gasteiger partial charge >= 0.3 is 0 Å². The zero-order valence-electron chi connectivity index (χ0n) is 16.3. The average molecular weight is 454 g/mol. The van der Waals surface area contributed by atoms with Crippen LogP contribution in [0.1, 0.15) is 32.1 Å². The Hall–Kier alpha value is -3.43. The first-order valence-electron chi connectivity index (χ1n) is 9.21. The summed E-state index contributed by atoms with van der Waals surface area (Å²) in [6, 6.07) is 15.0. The number of carbonyl (C=O) groups is 2. The van der Waals surface area contributed by atoms with Crippen LogP contribution in [-0.4, -0.2) is 21.7 Å². The second kappa shape index (κ2) is 9.15. The van der Waals surface area contributed by atoms with Crippen molar-refractivity contribution in [1.29, 1.82) is 0 Å². The Morgan fingerprint density at radius 1 is 1.06 bits per heavy atom. The lowest BCUT2D eigenvalue weighted by Gasteiger charge is -2.03. The highest BCUT2D eigenvalue weighted by Crippen LogP contribution is 2.31. The quantitative estimate of drug-likeness (QED) is 0.377. The Labute approximate surface area is 185 Å². The second-order valence-electron chi connectivity index (χ2n) is 6.44. The Balaban J connectivity index is 1.45. The van der Waals surface area contributed by atoms with Gasteiger partial charge in [0.15, 0.2) is 10.9 Å². The smallest absolute Gasteiger partial charge is 0.276 e. The van der Waals surface area contributed by atoms with Gasteiger partial charge in [-0.05, 0) is 24.3 Å². The minimum absolute atomic E-state index is 0.120. The molecule has 0 spiro atoms. The molecule has 0 aliphatic rings. The molecule has 0 saturated heterocycles. The fourth-order valence-electron chi connectivity index (χ4n) is 2.72. The van der Waals surface area contributed by atoms with Crippen molar-refractivity contribution in [2.45, 2.75) is 13.5 Å². The van der Waals surface area contributed by atoms with Gasteiger partial charge < -0.3 is 4.74 Å². The van der Waals surface area contributed by atoms with E-state index in [2.05, 4.69) is 15.3 Å². The molecule has 0 aliphatic carbocycles. The maximum atomic E-state index is 13.0. The molecule has 2 aromatic carbocycles. The topological polar surface area (TPSA) is 81.2 Å². The third-order valence-electron chi connectivity index (χ3n) is 4.17. The van der Waals surface area contributed by atoms with Crippen molar-refractivity contribution < 1.29 is 18.7 Å². The number of hydrogen-bond donors (Lipinski definition) is 1. The Morgan fingerprint density at radius 3 is 2.52 bits per heavy atom. The number of Topliss-reactive ketones (excluding diaryl/α,β-unsaturated/α-hetero) is 1. The maximum absolute atomic E-state index is 13.0. The van der Waals surface area contributed by atoms with E-state index in [4.69, 9.17) is 4.74 Å². The summed E-state index contributed by atoms with van der Waals surface area (Å²) in [5.74, 6) is -0.375. The van der Waals surface area contributed by atoms with Gasteiger partial charge in [-0.3, -0.25) is 14.9 Å². The van der Waals surface area contributed by atoms with Crippen LogP contribution in [0.3, 0.4) is 0 Å². The molecule has 0 bridgehead atoms. The zero-order chi connectivity index (χ0) is 21.8. The molecular weight excluding hydrogens is 437 g/mol. The van der Waals surface area contributed by atoms with Crippen LogP contribution >= 0.6 is 22.7 Å². The molecule has 4 rings (SSSR count). The van der Waals surface area contributed by atoms with Crippen LogP contribution < -0.4 is 10.1 Å². The molecule has 0 atom stereocenters. The highest BCUT2D eigenvalue weighted by atomic mass is 32.1. The van der Waals surface area contributed by atoms with Crippen LogP contribution in [0.15, 0.2) is 60.0 Å². The van der Waals surface area contributed by atoms with E-state index in [-0.39, 0.29) is 23.9 Å².